The Hall–Kier alpha value is -2.13. The van der Waals surface area contributed by atoms with Crippen LogP contribution in [0.1, 0.15) is 57.8 Å². The number of ether oxygens (including phenoxy) is 2. The predicted octanol–water partition coefficient (Wildman–Crippen LogP) is 1.42. The van der Waals surface area contributed by atoms with Gasteiger partial charge in [0.25, 0.3) is 11.8 Å². The summed E-state index contributed by atoms with van der Waals surface area (Å²) in [6.07, 6.45) is 7.80. The van der Waals surface area contributed by atoms with Crippen molar-refractivity contribution in [3.8, 4) is 0 Å². The van der Waals surface area contributed by atoms with Gasteiger partial charge in [-0.2, -0.15) is 0 Å². The molecule has 4 fully saturated rings. The van der Waals surface area contributed by atoms with Gasteiger partial charge >= 0.3 is 6.03 Å². The maximum absolute atomic E-state index is 13.2. The van der Waals surface area contributed by atoms with E-state index in [1.807, 2.05) is 0 Å². The number of urea groups is 1. The largest absolute Gasteiger partial charge is 0.385 e. The first kappa shape index (κ1) is 21.1. The topological polar surface area (TPSA) is 128 Å². The van der Waals surface area contributed by atoms with Crippen molar-refractivity contribution in [3.05, 3.63) is 11.4 Å². The summed E-state index contributed by atoms with van der Waals surface area (Å²) in [6, 6.07) is -0.790. The van der Waals surface area contributed by atoms with Crippen molar-refractivity contribution in [3.63, 3.8) is 0 Å². The van der Waals surface area contributed by atoms with Crippen LogP contribution < -0.4 is 11.5 Å². The van der Waals surface area contributed by atoms with Crippen LogP contribution in [0.3, 0.4) is 0 Å². The molecule has 4 N–H and O–H groups in total. The number of barbiturate groups is 1. The molecule has 0 atom stereocenters. The molecule has 4 rings (SSSR count). The molecule has 1 heterocycles. The molecule has 4 aliphatic rings. The van der Waals surface area contributed by atoms with E-state index in [-0.39, 0.29) is 28.8 Å². The van der Waals surface area contributed by atoms with Crippen LogP contribution in [0.25, 0.3) is 0 Å². The SMILES string of the molecule is COC1(OC)CC2(CCC(N3C(=O)C(=C(N)N)C(=O)N(CC4CCC4)C3=O)CC2)C1. The van der Waals surface area contributed by atoms with Gasteiger partial charge in [-0.05, 0) is 49.9 Å². The van der Waals surface area contributed by atoms with Gasteiger partial charge in [0, 0.05) is 39.6 Å². The second kappa shape index (κ2) is 7.53. The van der Waals surface area contributed by atoms with Gasteiger partial charge < -0.3 is 20.9 Å². The number of hydrogen-bond donors (Lipinski definition) is 2. The molecule has 4 amide bonds. The molecule has 3 aliphatic carbocycles. The first-order chi connectivity index (χ1) is 14.2. The van der Waals surface area contributed by atoms with Gasteiger partial charge in [0.05, 0.1) is 0 Å². The summed E-state index contributed by atoms with van der Waals surface area (Å²) >= 11 is 0. The van der Waals surface area contributed by atoms with Crippen molar-refractivity contribution >= 4 is 17.8 Å². The third-order valence-corrected chi connectivity index (χ3v) is 7.70. The number of imide groups is 2. The Labute approximate surface area is 176 Å². The van der Waals surface area contributed by atoms with Crippen LogP contribution in [0, 0.1) is 11.3 Å². The molecular weight excluding hydrogens is 388 g/mol. The van der Waals surface area contributed by atoms with Crippen molar-refractivity contribution in [1.82, 2.24) is 9.80 Å². The average molecular weight is 421 g/mol. The standard InChI is InChI=1S/C21H32N4O5/c1-29-21(30-2)11-20(12-21)8-6-14(7-9-20)25-18(27)15(16(22)23)17(26)24(19(25)28)10-13-4-3-5-13/h13-14H,3-12,22-23H2,1-2H3. The van der Waals surface area contributed by atoms with E-state index >= 15 is 0 Å². The second-order valence-corrected chi connectivity index (χ2v) is 9.40. The number of carbonyl (C=O) groups is 3. The minimum atomic E-state index is -0.663. The van der Waals surface area contributed by atoms with Gasteiger partial charge in [-0.15, -0.1) is 0 Å². The lowest BCUT2D eigenvalue weighted by Crippen LogP contribution is -2.63. The first-order valence-electron chi connectivity index (χ1n) is 10.8. The van der Waals surface area contributed by atoms with Crippen LogP contribution in [0.4, 0.5) is 4.79 Å². The van der Waals surface area contributed by atoms with Gasteiger partial charge in [0.2, 0.25) is 0 Å². The molecule has 30 heavy (non-hydrogen) atoms. The lowest BCUT2D eigenvalue weighted by atomic mass is 9.56. The van der Waals surface area contributed by atoms with Crippen molar-refractivity contribution < 1.29 is 23.9 Å². The summed E-state index contributed by atoms with van der Waals surface area (Å²) in [5.41, 5.74) is 11.2. The van der Waals surface area contributed by atoms with Gasteiger partial charge in [0.15, 0.2) is 5.79 Å². The van der Waals surface area contributed by atoms with E-state index in [2.05, 4.69) is 0 Å². The maximum atomic E-state index is 13.2. The zero-order valence-corrected chi connectivity index (χ0v) is 17.8. The molecule has 166 valence electrons. The molecule has 0 bridgehead atoms. The van der Waals surface area contributed by atoms with Crippen molar-refractivity contribution in [2.75, 3.05) is 20.8 Å². The van der Waals surface area contributed by atoms with Crippen molar-refractivity contribution in [2.24, 2.45) is 22.8 Å². The van der Waals surface area contributed by atoms with Crippen LogP contribution >= 0.6 is 0 Å². The minimum absolute atomic E-state index is 0.122. The number of methoxy groups -OCH3 is 2. The van der Waals surface area contributed by atoms with Crippen LogP contribution in [-0.2, 0) is 19.1 Å². The molecule has 0 unspecified atom stereocenters. The number of hydrogen-bond acceptors (Lipinski definition) is 7. The highest BCUT2D eigenvalue weighted by molar-refractivity contribution is 6.29. The highest BCUT2D eigenvalue weighted by Crippen LogP contribution is 2.58. The molecular formula is C21H32N4O5. The molecule has 9 nitrogen and oxygen atoms in total. The van der Waals surface area contributed by atoms with E-state index in [0.717, 1.165) is 44.9 Å². The minimum Gasteiger partial charge on any atom is -0.385 e. The van der Waals surface area contributed by atoms with E-state index in [1.165, 1.54) is 9.80 Å². The molecule has 9 heteroatoms. The van der Waals surface area contributed by atoms with E-state index in [1.54, 1.807) is 14.2 Å². The zero-order chi connectivity index (χ0) is 21.7. The van der Waals surface area contributed by atoms with Gasteiger partial charge in [-0.1, -0.05) is 6.42 Å². The predicted molar refractivity (Wildman–Crippen MR) is 107 cm³/mol. The number of amides is 4. The van der Waals surface area contributed by atoms with Crippen LogP contribution in [0.5, 0.6) is 0 Å². The van der Waals surface area contributed by atoms with Gasteiger partial charge in [-0.3, -0.25) is 19.4 Å². The highest BCUT2D eigenvalue weighted by atomic mass is 16.7. The summed E-state index contributed by atoms with van der Waals surface area (Å²) < 4.78 is 11.1. The smallest absolute Gasteiger partial charge is 0.334 e. The Kier molecular flexibility index (Phi) is 5.30. The molecule has 1 aliphatic heterocycles. The van der Waals surface area contributed by atoms with Crippen molar-refractivity contribution in [2.45, 2.75) is 69.6 Å². The fourth-order valence-corrected chi connectivity index (χ4v) is 5.60. The molecule has 3 saturated carbocycles. The van der Waals surface area contributed by atoms with Crippen LogP contribution in [-0.4, -0.2) is 60.2 Å². The molecule has 1 spiro atoms. The van der Waals surface area contributed by atoms with Crippen LogP contribution in [0.2, 0.25) is 0 Å². The summed E-state index contributed by atoms with van der Waals surface area (Å²) in [6.45, 7) is 0.319. The molecule has 0 aromatic rings. The van der Waals surface area contributed by atoms with E-state index in [0.29, 0.717) is 19.4 Å². The van der Waals surface area contributed by atoms with E-state index in [9.17, 15) is 14.4 Å². The number of nitrogens with zero attached hydrogens (tertiary/aromatic N) is 2. The normalized spacial score (nSPS) is 26.7. The molecule has 1 saturated heterocycles. The number of nitrogens with two attached hydrogens (primary N) is 2. The lowest BCUT2D eigenvalue weighted by Gasteiger charge is -2.57. The maximum Gasteiger partial charge on any atom is 0.334 e. The average Bonchev–Trinajstić information content (AvgIpc) is 2.65. The molecule has 0 aromatic carbocycles. The van der Waals surface area contributed by atoms with Gasteiger partial charge in [-0.25, -0.2) is 4.79 Å². The number of carbonyl (C=O) groups excluding carboxylic acids is 3. The van der Waals surface area contributed by atoms with E-state index < -0.39 is 23.6 Å². The summed E-state index contributed by atoms with van der Waals surface area (Å²) in [5.74, 6) is -1.87. The Morgan fingerprint density at radius 1 is 1.00 bits per heavy atom. The fourth-order valence-electron chi connectivity index (χ4n) is 5.60. The first-order valence-corrected chi connectivity index (χ1v) is 10.8. The third kappa shape index (κ3) is 3.28. The number of rotatable bonds is 5. The Morgan fingerprint density at radius 2 is 1.60 bits per heavy atom. The molecule has 0 aromatic heterocycles. The summed E-state index contributed by atoms with van der Waals surface area (Å²) in [4.78, 5) is 41.4. The highest BCUT2D eigenvalue weighted by Gasteiger charge is 2.57. The van der Waals surface area contributed by atoms with E-state index in [4.69, 9.17) is 20.9 Å². The van der Waals surface area contributed by atoms with Crippen molar-refractivity contribution in [1.29, 1.82) is 0 Å². The summed E-state index contributed by atoms with van der Waals surface area (Å²) in [7, 11) is 3.32. The third-order valence-electron chi connectivity index (χ3n) is 7.70. The monoisotopic (exact) mass is 420 g/mol. The fraction of sp³-hybridized carbons (Fsp3) is 0.762. The quantitative estimate of drug-likeness (QED) is 0.391. The Balaban J connectivity index is 1.50. The second-order valence-electron chi connectivity index (χ2n) is 9.40. The lowest BCUT2D eigenvalue weighted by molar-refractivity contribution is -0.303. The van der Waals surface area contributed by atoms with Gasteiger partial charge in [0.1, 0.15) is 11.4 Å². The summed E-state index contributed by atoms with van der Waals surface area (Å²) in [5, 5.41) is 0. The Bertz CT molecular complexity index is 764. The zero-order valence-electron chi connectivity index (χ0n) is 17.8. The van der Waals surface area contributed by atoms with Crippen LogP contribution in [0.15, 0.2) is 11.4 Å². The Morgan fingerprint density at radius 3 is 2.07 bits per heavy atom. The molecule has 0 radical (unpaired) electrons.